The minimum absolute atomic E-state index is 0.0117. The Balaban J connectivity index is 1.52. The molecule has 0 aromatic heterocycles. The van der Waals surface area contributed by atoms with Crippen LogP contribution in [0.25, 0.3) is 0 Å². The molecule has 3 fully saturated rings. The van der Waals surface area contributed by atoms with Gasteiger partial charge in [-0.05, 0) is 38.0 Å². The van der Waals surface area contributed by atoms with Crippen molar-refractivity contribution in [1.82, 2.24) is 10.2 Å². The summed E-state index contributed by atoms with van der Waals surface area (Å²) in [5.41, 5.74) is -0.548. The molecule has 5 heteroatoms. The molecule has 1 spiro atoms. The van der Waals surface area contributed by atoms with E-state index in [9.17, 15) is 9.59 Å². The molecule has 106 valence electrons. The van der Waals surface area contributed by atoms with E-state index in [1.165, 1.54) is 4.90 Å². The van der Waals surface area contributed by atoms with E-state index in [1.807, 2.05) is 0 Å². The van der Waals surface area contributed by atoms with Gasteiger partial charge in [0.05, 0.1) is 0 Å². The summed E-state index contributed by atoms with van der Waals surface area (Å²) in [6, 6.07) is -0.186. The molecule has 3 rings (SSSR count). The number of nitrogens with zero attached hydrogens (tertiary/aromatic N) is 1. The van der Waals surface area contributed by atoms with Gasteiger partial charge in [0, 0.05) is 19.8 Å². The third-order valence-electron chi connectivity index (χ3n) is 4.72. The van der Waals surface area contributed by atoms with Gasteiger partial charge in [0.2, 0.25) is 0 Å². The predicted octanol–water partition coefficient (Wildman–Crippen LogP) is 1.67. The third-order valence-corrected chi connectivity index (χ3v) is 4.72. The van der Waals surface area contributed by atoms with E-state index in [1.54, 1.807) is 0 Å². The molecule has 1 unspecified atom stereocenters. The molecule has 1 atom stereocenters. The average Bonchev–Trinajstić information content (AvgIpc) is 3.08. The molecule has 0 radical (unpaired) electrons. The Labute approximate surface area is 113 Å². The van der Waals surface area contributed by atoms with Crippen molar-refractivity contribution >= 4 is 11.9 Å². The summed E-state index contributed by atoms with van der Waals surface area (Å²) in [4.78, 5) is 25.8. The van der Waals surface area contributed by atoms with E-state index in [2.05, 4.69) is 5.32 Å². The molecular formula is C14H22N2O3. The first-order chi connectivity index (χ1) is 9.21. The summed E-state index contributed by atoms with van der Waals surface area (Å²) in [7, 11) is 0. The van der Waals surface area contributed by atoms with Crippen molar-refractivity contribution in [3.8, 4) is 0 Å². The summed E-state index contributed by atoms with van der Waals surface area (Å²) in [5.74, 6) is 0.624. The number of amides is 3. The fourth-order valence-corrected chi connectivity index (χ4v) is 3.55. The summed E-state index contributed by atoms with van der Waals surface area (Å²) in [6.07, 6.45) is 6.75. The Kier molecular flexibility index (Phi) is 3.48. The van der Waals surface area contributed by atoms with Gasteiger partial charge in [-0.15, -0.1) is 0 Å². The molecule has 19 heavy (non-hydrogen) atoms. The Morgan fingerprint density at radius 1 is 1.32 bits per heavy atom. The molecule has 0 bridgehead atoms. The molecule has 1 aliphatic carbocycles. The number of nitrogens with one attached hydrogen (secondary N) is 1. The molecule has 0 aromatic carbocycles. The zero-order chi connectivity index (χ0) is 13.3. The van der Waals surface area contributed by atoms with Crippen LogP contribution in [-0.2, 0) is 9.53 Å². The molecule has 1 saturated carbocycles. The highest BCUT2D eigenvalue weighted by atomic mass is 16.5. The van der Waals surface area contributed by atoms with Crippen LogP contribution in [0.15, 0.2) is 0 Å². The highest BCUT2D eigenvalue weighted by Gasteiger charge is 2.51. The van der Waals surface area contributed by atoms with Crippen LogP contribution in [0.3, 0.4) is 0 Å². The summed E-state index contributed by atoms with van der Waals surface area (Å²) in [6.45, 7) is 2.25. The van der Waals surface area contributed by atoms with Crippen LogP contribution in [0.4, 0.5) is 4.79 Å². The zero-order valence-electron chi connectivity index (χ0n) is 11.3. The minimum atomic E-state index is -0.548. The van der Waals surface area contributed by atoms with Crippen LogP contribution in [0.5, 0.6) is 0 Å². The van der Waals surface area contributed by atoms with Crippen LogP contribution in [-0.4, -0.2) is 42.1 Å². The number of hydrogen-bond acceptors (Lipinski definition) is 3. The van der Waals surface area contributed by atoms with E-state index in [-0.39, 0.29) is 11.9 Å². The third kappa shape index (κ3) is 2.36. The van der Waals surface area contributed by atoms with Gasteiger partial charge < -0.3 is 10.1 Å². The van der Waals surface area contributed by atoms with E-state index < -0.39 is 5.54 Å². The SMILES string of the molecule is O=C1NC2(CCCC2)C(=O)N1CCCC1CCOC1. The molecule has 3 amide bonds. The molecular weight excluding hydrogens is 244 g/mol. The smallest absolute Gasteiger partial charge is 0.325 e. The number of ether oxygens (including phenoxy) is 1. The van der Waals surface area contributed by atoms with Crippen LogP contribution in [0.1, 0.15) is 44.9 Å². The van der Waals surface area contributed by atoms with Gasteiger partial charge in [0.1, 0.15) is 5.54 Å². The Hall–Kier alpha value is -1.10. The number of urea groups is 1. The van der Waals surface area contributed by atoms with Crippen LogP contribution in [0, 0.1) is 5.92 Å². The normalized spacial score (nSPS) is 29.5. The zero-order valence-corrected chi connectivity index (χ0v) is 11.3. The lowest BCUT2D eigenvalue weighted by Gasteiger charge is -2.20. The van der Waals surface area contributed by atoms with E-state index in [0.29, 0.717) is 12.5 Å². The fraction of sp³-hybridized carbons (Fsp3) is 0.857. The highest BCUT2D eigenvalue weighted by molar-refractivity contribution is 6.07. The minimum Gasteiger partial charge on any atom is -0.381 e. The Morgan fingerprint density at radius 3 is 2.79 bits per heavy atom. The predicted molar refractivity (Wildman–Crippen MR) is 69.6 cm³/mol. The van der Waals surface area contributed by atoms with Gasteiger partial charge in [-0.3, -0.25) is 9.69 Å². The molecule has 2 heterocycles. The maximum absolute atomic E-state index is 12.4. The van der Waals surface area contributed by atoms with Crippen LogP contribution >= 0.6 is 0 Å². The Morgan fingerprint density at radius 2 is 2.11 bits per heavy atom. The molecule has 3 aliphatic rings. The summed E-state index contributed by atoms with van der Waals surface area (Å²) in [5, 5.41) is 2.92. The lowest BCUT2D eigenvalue weighted by molar-refractivity contribution is -0.131. The van der Waals surface area contributed by atoms with Gasteiger partial charge in [-0.2, -0.15) is 0 Å². The van der Waals surface area contributed by atoms with E-state index >= 15 is 0 Å². The first-order valence-corrected chi connectivity index (χ1v) is 7.43. The maximum atomic E-state index is 12.4. The maximum Gasteiger partial charge on any atom is 0.325 e. The van der Waals surface area contributed by atoms with Gasteiger partial charge >= 0.3 is 6.03 Å². The number of imide groups is 1. The van der Waals surface area contributed by atoms with E-state index in [0.717, 1.165) is 58.2 Å². The molecule has 2 saturated heterocycles. The monoisotopic (exact) mass is 266 g/mol. The van der Waals surface area contributed by atoms with Gasteiger partial charge in [0.25, 0.3) is 5.91 Å². The van der Waals surface area contributed by atoms with Gasteiger partial charge in [-0.1, -0.05) is 12.8 Å². The topological polar surface area (TPSA) is 58.6 Å². The average molecular weight is 266 g/mol. The van der Waals surface area contributed by atoms with Gasteiger partial charge in [-0.25, -0.2) is 4.79 Å². The summed E-state index contributed by atoms with van der Waals surface area (Å²) >= 11 is 0. The number of rotatable bonds is 4. The van der Waals surface area contributed by atoms with E-state index in [4.69, 9.17) is 4.74 Å². The quantitative estimate of drug-likeness (QED) is 0.787. The van der Waals surface area contributed by atoms with Crippen molar-refractivity contribution in [3.05, 3.63) is 0 Å². The van der Waals surface area contributed by atoms with Gasteiger partial charge in [0.15, 0.2) is 0 Å². The van der Waals surface area contributed by atoms with Crippen LogP contribution < -0.4 is 5.32 Å². The van der Waals surface area contributed by atoms with Crippen molar-refractivity contribution in [1.29, 1.82) is 0 Å². The second-order valence-corrected chi connectivity index (χ2v) is 6.05. The Bertz CT molecular complexity index is 371. The van der Waals surface area contributed by atoms with Crippen molar-refractivity contribution < 1.29 is 14.3 Å². The molecule has 0 aromatic rings. The van der Waals surface area contributed by atoms with Crippen molar-refractivity contribution in [2.45, 2.75) is 50.5 Å². The van der Waals surface area contributed by atoms with Crippen molar-refractivity contribution in [2.24, 2.45) is 5.92 Å². The molecule has 1 N–H and O–H groups in total. The molecule has 2 aliphatic heterocycles. The van der Waals surface area contributed by atoms with Crippen molar-refractivity contribution in [2.75, 3.05) is 19.8 Å². The lowest BCUT2D eigenvalue weighted by Crippen LogP contribution is -2.44. The van der Waals surface area contributed by atoms with Crippen LogP contribution in [0.2, 0.25) is 0 Å². The highest BCUT2D eigenvalue weighted by Crippen LogP contribution is 2.35. The van der Waals surface area contributed by atoms with Crippen molar-refractivity contribution in [3.63, 3.8) is 0 Å². The largest absolute Gasteiger partial charge is 0.381 e. The summed E-state index contributed by atoms with van der Waals surface area (Å²) < 4.78 is 5.34. The second-order valence-electron chi connectivity index (χ2n) is 6.05. The first-order valence-electron chi connectivity index (χ1n) is 7.43. The number of hydrogen-bond donors (Lipinski definition) is 1. The fourth-order valence-electron chi connectivity index (χ4n) is 3.55. The standard InChI is InChI=1S/C14H22N2O3/c17-12-14(6-1-2-7-14)15-13(18)16(12)8-3-4-11-5-9-19-10-11/h11H,1-10H2,(H,15,18). The lowest BCUT2D eigenvalue weighted by atomic mass is 9.98. The first kappa shape index (κ1) is 12.9. The molecule has 5 nitrogen and oxygen atoms in total. The number of carbonyl (C=O) groups excluding carboxylic acids is 2. The second kappa shape index (κ2) is 5.12. The number of carbonyl (C=O) groups is 2.